The Balaban J connectivity index is 1.62. The van der Waals surface area contributed by atoms with Crippen LogP contribution in [0.4, 0.5) is 5.69 Å². The van der Waals surface area contributed by atoms with Crippen LogP contribution in [0.3, 0.4) is 0 Å². The number of fused-ring (bicyclic) bond motifs is 2. The molecule has 2 N–H and O–H groups in total. The summed E-state index contributed by atoms with van der Waals surface area (Å²) in [5.74, 6) is 0.465. The van der Waals surface area contributed by atoms with Gasteiger partial charge in [-0.3, -0.25) is 14.2 Å². The summed E-state index contributed by atoms with van der Waals surface area (Å²) in [7, 11) is 1.54. The molecule has 2 aromatic carbocycles. The number of hydrogen-bond acceptors (Lipinski definition) is 7. The Morgan fingerprint density at radius 1 is 1.09 bits per heavy atom. The van der Waals surface area contributed by atoms with Gasteiger partial charge in [-0.1, -0.05) is 0 Å². The van der Waals surface area contributed by atoms with Gasteiger partial charge in [-0.2, -0.15) is 0 Å². The summed E-state index contributed by atoms with van der Waals surface area (Å²) in [4.78, 5) is 30.9. The number of nitrogens with zero attached hydrogens (tertiary/aromatic N) is 2. The summed E-state index contributed by atoms with van der Waals surface area (Å²) in [5, 5.41) is 13.8. The fourth-order valence-corrected chi connectivity index (χ4v) is 3.69. The minimum Gasteiger partial charge on any atom is -0.506 e. The van der Waals surface area contributed by atoms with E-state index in [0.29, 0.717) is 41.8 Å². The van der Waals surface area contributed by atoms with Gasteiger partial charge in [-0.05, 0) is 48.5 Å². The molecule has 1 aliphatic heterocycles. The molecule has 166 valence electrons. The first kappa shape index (κ1) is 20.4. The van der Waals surface area contributed by atoms with Crippen molar-refractivity contribution in [1.82, 2.24) is 9.55 Å². The Morgan fingerprint density at radius 2 is 1.85 bits per heavy atom. The maximum absolute atomic E-state index is 13.4. The van der Waals surface area contributed by atoms with E-state index in [4.69, 9.17) is 14.2 Å². The molecular weight excluding hydrogens is 426 g/mol. The number of carbonyl (C=O) groups is 1. The molecule has 3 heterocycles. The number of nitrogens with one attached hydrogen (secondary N) is 1. The Labute approximate surface area is 187 Å². The standard InChI is InChI=1S/C24H19N3O6/c1-31-16-7-5-15(6-8-16)27-22-17(3-2-10-25-22)21(28)20(24(27)30)23(29)26-14-4-9-18-19(13-14)33-12-11-32-18/h2-10,13,28H,11-12H2,1H3,(H,26,29). The van der Waals surface area contributed by atoms with E-state index in [-0.39, 0.29) is 11.0 Å². The lowest BCUT2D eigenvalue weighted by Crippen LogP contribution is -2.29. The molecule has 2 aromatic heterocycles. The Hall–Kier alpha value is -4.53. The summed E-state index contributed by atoms with van der Waals surface area (Å²) in [6.45, 7) is 0.845. The number of aromatic hydroxyl groups is 1. The summed E-state index contributed by atoms with van der Waals surface area (Å²) in [6, 6.07) is 14.9. The van der Waals surface area contributed by atoms with Crippen LogP contribution in [0.25, 0.3) is 16.7 Å². The molecule has 0 unspecified atom stereocenters. The number of hydrogen-bond donors (Lipinski definition) is 2. The number of ether oxygens (including phenoxy) is 3. The first-order valence-electron chi connectivity index (χ1n) is 10.1. The van der Waals surface area contributed by atoms with E-state index in [1.807, 2.05) is 0 Å². The van der Waals surface area contributed by atoms with Gasteiger partial charge in [0.05, 0.1) is 18.2 Å². The van der Waals surface area contributed by atoms with Crippen LogP contribution in [-0.4, -0.2) is 40.9 Å². The van der Waals surface area contributed by atoms with Crippen LogP contribution >= 0.6 is 0 Å². The lowest BCUT2D eigenvalue weighted by Gasteiger charge is -2.19. The van der Waals surface area contributed by atoms with Crippen molar-refractivity contribution in [2.24, 2.45) is 0 Å². The monoisotopic (exact) mass is 445 g/mol. The topological polar surface area (TPSA) is 112 Å². The Bertz CT molecular complexity index is 1430. The second kappa shape index (κ2) is 8.19. The first-order chi connectivity index (χ1) is 16.1. The van der Waals surface area contributed by atoms with Gasteiger partial charge in [0, 0.05) is 18.0 Å². The summed E-state index contributed by atoms with van der Waals surface area (Å²) >= 11 is 0. The second-order valence-electron chi connectivity index (χ2n) is 7.25. The molecule has 1 aliphatic rings. The van der Waals surface area contributed by atoms with Crippen LogP contribution < -0.4 is 25.1 Å². The number of aromatic nitrogens is 2. The molecule has 0 fully saturated rings. The van der Waals surface area contributed by atoms with Crippen LogP contribution in [0.1, 0.15) is 10.4 Å². The molecule has 0 atom stereocenters. The third-order valence-corrected chi connectivity index (χ3v) is 5.27. The highest BCUT2D eigenvalue weighted by Crippen LogP contribution is 2.33. The van der Waals surface area contributed by atoms with Crippen molar-refractivity contribution in [2.75, 3.05) is 25.6 Å². The van der Waals surface area contributed by atoms with Crippen molar-refractivity contribution < 1.29 is 24.1 Å². The van der Waals surface area contributed by atoms with E-state index in [9.17, 15) is 14.7 Å². The van der Waals surface area contributed by atoms with Crippen LogP contribution in [0, 0.1) is 0 Å². The van der Waals surface area contributed by atoms with Gasteiger partial charge >= 0.3 is 0 Å². The molecule has 4 aromatic rings. The molecule has 0 aliphatic carbocycles. The number of methoxy groups -OCH3 is 1. The Morgan fingerprint density at radius 3 is 2.61 bits per heavy atom. The normalized spacial score (nSPS) is 12.4. The van der Waals surface area contributed by atoms with E-state index >= 15 is 0 Å². The number of amides is 1. The molecule has 0 bridgehead atoms. The van der Waals surface area contributed by atoms with Crippen molar-refractivity contribution in [3.8, 4) is 28.7 Å². The quantitative estimate of drug-likeness (QED) is 0.496. The second-order valence-corrected chi connectivity index (χ2v) is 7.25. The smallest absolute Gasteiger partial charge is 0.273 e. The highest BCUT2D eigenvalue weighted by molar-refractivity contribution is 6.09. The van der Waals surface area contributed by atoms with Crippen molar-refractivity contribution in [3.05, 3.63) is 76.7 Å². The average Bonchev–Trinajstić information content (AvgIpc) is 2.84. The third kappa shape index (κ3) is 3.59. The van der Waals surface area contributed by atoms with Crippen LogP contribution in [0.2, 0.25) is 0 Å². The number of pyridine rings is 2. The zero-order valence-electron chi connectivity index (χ0n) is 17.6. The molecule has 5 rings (SSSR count). The van der Waals surface area contributed by atoms with E-state index < -0.39 is 22.8 Å². The van der Waals surface area contributed by atoms with Gasteiger partial charge in [-0.25, -0.2) is 4.98 Å². The fourth-order valence-electron chi connectivity index (χ4n) is 3.69. The molecule has 0 spiro atoms. The minimum absolute atomic E-state index is 0.223. The summed E-state index contributed by atoms with van der Waals surface area (Å²) in [6.07, 6.45) is 1.51. The van der Waals surface area contributed by atoms with Crippen LogP contribution in [-0.2, 0) is 0 Å². The molecule has 0 saturated carbocycles. The van der Waals surface area contributed by atoms with Gasteiger partial charge in [0.15, 0.2) is 17.1 Å². The predicted molar refractivity (Wildman–Crippen MR) is 121 cm³/mol. The van der Waals surface area contributed by atoms with E-state index in [2.05, 4.69) is 10.3 Å². The average molecular weight is 445 g/mol. The van der Waals surface area contributed by atoms with Gasteiger partial charge in [0.25, 0.3) is 11.5 Å². The van der Waals surface area contributed by atoms with Gasteiger partial charge < -0.3 is 24.6 Å². The number of benzene rings is 2. The number of carbonyl (C=O) groups excluding carboxylic acids is 1. The molecule has 0 saturated heterocycles. The summed E-state index contributed by atoms with van der Waals surface area (Å²) < 4.78 is 17.5. The van der Waals surface area contributed by atoms with Crippen LogP contribution in [0.5, 0.6) is 23.0 Å². The van der Waals surface area contributed by atoms with Crippen molar-refractivity contribution in [2.45, 2.75) is 0 Å². The zero-order valence-corrected chi connectivity index (χ0v) is 17.6. The van der Waals surface area contributed by atoms with Crippen molar-refractivity contribution >= 4 is 22.6 Å². The molecule has 1 amide bonds. The van der Waals surface area contributed by atoms with Crippen molar-refractivity contribution in [1.29, 1.82) is 0 Å². The highest BCUT2D eigenvalue weighted by Gasteiger charge is 2.24. The molecule has 9 nitrogen and oxygen atoms in total. The summed E-state index contributed by atoms with van der Waals surface area (Å²) in [5.41, 5.74) is -0.0237. The minimum atomic E-state index is -0.762. The number of rotatable bonds is 4. The molecule has 33 heavy (non-hydrogen) atoms. The maximum Gasteiger partial charge on any atom is 0.273 e. The SMILES string of the molecule is COc1ccc(-n2c(=O)c(C(=O)Nc3ccc4c(c3)OCCO4)c(O)c3cccnc32)cc1. The third-order valence-electron chi connectivity index (χ3n) is 5.27. The van der Waals surface area contributed by atoms with Gasteiger partial charge in [0.2, 0.25) is 0 Å². The highest BCUT2D eigenvalue weighted by atomic mass is 16.6. The van der Waals surface area contributed by atoms with E-state index in [1.165, 1.54) is 10.8 Å². The fraction of sp³-hybridized carbons (Fsp3) is 0.125. The van der Waals surface area contributed by atoms with Gasteiger partial charge in [0.1, 0.15) is 30.3 Å². The van der Waals surface area contributed by atoms with E-state index in [1.54, 1.807) is 61.7 Å². The lowest BCUT2D eigenvalue weighted by atomic mass is 10.1. The zero-order chi connectivity index (χ0) is 22.9. The number of anilines is 1. The van der Waals surface area contributed by atoms with Crippen LogP contribution in [0.15, 0.2) is 65.6 Å². The van der Waals surface area contributed by atoms with E-state index in [0.717, 1.165) is 0 Å². The Kier molecular flexibility index (Phi) is 5.06. The molecule has 9 heteroatoms. The predicted octanol–water partition coefficient (Wildman–Crippen LogP) is 3.12. The largest absolute Gasteiger partial charge is 0.506 e. The maximum atomic E-state index is 13.4. The first-order valence-corrected chi connectivity index (χ1v) is 10.1. The molecular formula is C24H19N3O6. The molecule has 0 radical (unpaired) electrons. The lowest BCUT2D eigenvalue weighted by molar-refractivity contribution is 0.102. The van der Waals surface area contributed by atoms with Crippen molar-refractivity contribution in [3.63, 3.8) is 0 Å². The van der Waals surface area contributed by atoms with Gasteiger partial charge in [-0.15, -0.1) is 0 Å².